The zero-order valence-electron chi connectivity index (χ0n) is 16.1. The van der Waals surface area contributed by atoms with Crippen LogP contribution in [-0.2, 0) is 11.8 Å². The van der Waals surface area contributed by atoms with E-state index in [0.717, 1.165) is 31.2 Å². The number of ether oxygens (including phenoxy) is 1. The molecule has 0 aliphatic carbocycles. The SMILES string of the molecule is Cn1cc(C(=O)N[C@H]2CCOC3(CCN(C(=O)c4ccccc4)CC3)C2)cn1. The third-order valence-electron chi connectivity index (χ3n) is 5.78. The lowest BCUT2D eigenvalue weighted by atomic mass is 9.82. The van der Waals surface area contributed by atoms with E-state index in [0.29, 0.717) is 25.3 Å². The molecule has 3 heterocycles. The van der Waals surface area contributed by atoms with Gasteiger partial charge in [0.15, 0.2) is 0 Å². The smallest absolute Gasteiger partial charge is 0.254 e. The predicted octanol–water partition coefficient (Wildman–Crippen LogP) is 2.00. The van der Waals surface area contributed by atoms with Crippen LogP contribution in [0.5, 0.6) is 0 Å². The second-order valence-electron chi connectivity index (χ2n) is 7.76. The fourth-order valence-corrected chi connectivity index (χ4v) is 4.19. The average Bonchev–Trinajstić information content (AvgIpc) is 3.15. The molecule has 2 saturated heterocycles. The molecule has 1 N–H and O–H groups in total. The maximum atomic E-state index is 12.7. The fraction of sp³-hybridized carbons (Fsp3) is 0.476. The minimum atomic E-state index is -0.251. The monoisotopic (exact) mass is 382 g/mol. The van der Waals surface area contributed by atoms with Crippen molar-refractivity contribution < 1.29 is 14.3 Å². The number of benzene rings is 1. The van der Waals surface area contributed by atoms with Crippen molar-refractivity contribution in [2.24, 2.45) is 7.05 Å². The first kappa shape index (κ1) is 18.7. The number of nitrogens with zero attached hydrogens (tertiary/aromatic N) is 3. The summed E-state index contributed by atoms with van der Waals surface area (Å²) in [5, 5.41) is 7.18. The van der Waals surface area contributed by atoms with E-state index >= 15 is 0 Å². The molecule has 28 heavy (non-hydrogen) atoms. The second-order valence-corrected chi connectivity index (χ2v) is 7.76. The summed E-state index contributed by atoms with van der Waals surface area (Å²) in [7, 11) is 1.80. The lowest BCUT2D eigenvalue weighted by Crippen LogP contribution is -2.54. The lowest BCUT2D eigenvalue weighted by molar-refractivity contribution is -0.114. The van der Waals surface area contributed by atoms with Gasteiger partial charge in [0.25, 0.3) is 11.8 Å². The highest BCUT2D eigenvalue weighted by atomic mass is 16.5. The van der Waals surface area contributed by atoms with Gasteiger partial charge in [-0.05, 0) is 37.8 Å². The quantitative estimate of drug-likeness (QED) is 0.881. The van der Waals surface area contributed by atoms with Crippen LogP contribution in [0.1, 0.15) is 46.4 Å². The third-order valence-corrected chi connectivity index (χ3v) is 5.78. The normalized spacial score (nSPS) is 21.5. The van der Waals surface area contributed by atoms with Gasteiger partial charge in [-0.25, -0.2) is 0 Å². The number of nitrogens with one attached hydrogen (secondary N) is 1. The average molecular weight is 382 g/mol. The van der Waals surface area contributed by atoms with Crippen molar-refractivity contribution >= 4 is 11.8 Å². The Balaban J connectivity index is 1.34. The first-order valence-electron chi connectivity index (χ1n) is 9.82. The Hall–Kier alpha value is -2.67. The van der Waals surface area contributed by atoms with Gasteiger partial charge in [-0.1, -0.05) is 18.2 Å². The minimum Gasteiger partial charge on any atom is -0.375 e. The van der Waals surface area contributed by atoms with E-state index in [4.69, 9.17) is 4.74 Å². The summed E-state index contributed by atoms with van der Waals surface area (Å²) in [6.45, 7) is 1.98. The van der Waals surface area contributed by atoms with E-state index in [1.807, 2.05) is 35.2 Å². The maximum absolute atomic E-state index is 12.7. The van der Waals surface area contributed by atoms with Crippen LogP contribution in [0.15, 0.2) is 42.7 Å². The number of amides is 2. The van der Waals surface area contributed by atoms with Crippen molar-refractivity contribution in [3.63, 3.8) is 0 Å². The Kier molecular flexibility index (Phi) is 5.17. The number of rotatable bonds is 3. The summed E-state index contributed by atoms with van der Waals surface area (Å²) in [5.74, 6) is -0.0143. The number of piperidine rings is 1. The number of carbonyl (C=O) groups excluding carboxylic acids is 2. The van der Waals surface area contributed by atoms with Gasteiger partial charge in [0, 0.05) is 44.5 Å². The summed E-state index contributed by atoms with van der Waals surface area (Å²) in [4.78, 5) is 27.0. The van der Waals surface area contributed by atoms with Crippen LogP contribution in [-0.4, -0.2) is 57.8 Å². The molecule has 1 aromatic heterocycles. The van der Waals surface area contributed by atoms with Gasteiger partial charge in [0.2, 0.25) is 0 Å². The molecule has 0 unspecified atom stereocenters. The number of aryl methyl sites for hydroxylation is 1. The topological polar surface area (TPSA) is 76.5 Å². The number of hydrogen-bond acceptors (Lipinski definition) is 4. The minimum absolute atomic E-state index is 0.0766. The Morgan fingerprint density at radius 3 is 2.61 bits per heavy atom. The van der Waals surface area contributed by atoms with Gasteiger partial charge in [-0.15, -0.1) is 0 Å². The molecule has 2 amide bonds. The molecule has 148 valence electrons. The van der Waals surface area contributed by atoms with Crippen molar-refractivity contribution in [2.45, 2.75) is 37.3 Å². The van der Waals surface area contributed by atoms with E-state index in [-0.39, 0.29) is 23.5 Å². The Morgan fingerprint density at radius 1 is 1.18 bits per heavy atom. The Bertz CT molecular complexity index is 840. The van der Waals surface area contributed by atoms with Crippen molar-refractivity contribution in [2.75, 3.05) is 19.7 Å². The molecule has 7 nitrogen and oxygen atoms in total. The molecule has 2 aliphatic heterocycles. The zero-order chi connectivity index (χ0) is 19.6. The largest absolute Gasteiger partial charge is 0.375 e. The number of likely N-dealkylation sites (tertiary alicyclic amines) is 1. The van der Waals surface area contributed by atoms with Gasteiger partial charge in [0.1, 0.15) is 0 Å². The van der Waals surface area contributed by atoms with Crippen LogP contribution < -0.4 is 5.32 Å². The van der Waals surface area contributed by atoms with Crippen molar-refractivity contribution in [3.8, 4) is 0 Å². The van der Waals surface area contributed by atoms with Gasteiger partial charge >= 0.3 is 0 Å². The summed E-state index contributed by atoms with van der Waals surface area (Å²) in [6.07, 6.45) is 6.48. The molecule has 0 radical (unpaired) electrons. The van der Waals surface area contributed by atoms with E-state index in [1.165, 1.54) is 0 Å². The maximum Gasteiger partial charge on any atom is 0.254 e. The molecule has 1 aromatic carbocycles. The number of hydrogen-bond donors (Lipinski definition) is 1. The van der Waals surface area contributed by atoms with Gasteiger partial charge < -0.3 is 15.0 Å². The molecular formula is C21H26N4O3. The van der Waals surface area contributed by atoms with Crippen LogP contribution >= 0.6 is 0 Å². The summed E-state index contributed by atoms with van der Waals surface area (Å²) >= 11 is 0. The van der Waals surface area contributed by atoms with Crippen LogP contribution in [0, 0.1) is 0 Å². The molecule has 2 aromatic rings. The number of carbonyl (C=O) groups is 2. The first-order valence-corrected chi connectivity index (χ1v) is 9.82. The fourth-order valence-electron chi connectivity index (χ4n) is 4.19. The lowest BCUT2D eigenvalue weighted by Gasteiger charge is -2.46. The molecule has 2 fully saturated rings. The van der Waals surface area contributed by atoms with E-state index < -0.39 is 0 Å². The van der Waals surface area contributed by atoms with E-state index in [9.17, 15) is 9.59 Å². The standard InChI is InChI=1S/C21H26N4O3/c1-24-15-17(14-22-24)19(26)23-18-7-12-28-21(13-18)8-10-25(11-9-21)20(27)16-5-3-2-4-6-16/h2-6,14-15,18H,7-13H2,1H3,(H,23,26)/t18-/m0/s1. The summed E-state index contributed by atoms with van der Waals surface area (Å²) < 4.78 is 7.78. The Morgan fingerprint density at radius 2 is 1.93 bits per heavy atom. The molecule has 1 spiro atoms. The Labute approximate surface area is 164 Å². The highest BCUT2D eigenvalue weighted by Crippen LogP contribution is 2.35. The first-order chi connectivity index (χ1) is 13.5. The third kappa shape index (κ3) is 3.94. The molecule has 0 bridgehead atoms. The molecule has 7 heteroatoms. The number of aromatic nitrogens is 2. The molecule has 2 aliphatic rings. The van der Waals surface area contributed by atoms with Gasteiger partial charge in [-0.2, -0.15) is 5.10 Å². The molecule has 1 atom stereocenters. The van der Waals surface area contributed by atoms with Crippen LogP contribution in [0.25, 0.3) is 0 Å². The van der Waals surface area contributed by atoms with Crippen molar-refractivity contribution in [1.29, 1.82) is 0 Å². The van der Waals surface area contributed by atoms with Gasteiger partial charge in [-0.3, -0.25) is 14.3 Å². The summed E-state index contributed by atoms with van der Waals surface area (Å²) in [6, 6.07) is 9.48. The highest BCUT2D eigenvalue weighted by molar-refractivity contribution is 5.94. The molecule has 4 rings (SSSR count). The van der Waals surface area contributed by atoms with Gasteiger partial charge in [0.05, 0.1) is 17.4 Å². The van der Waals surface area contributed by atoms with E-state index in [2.05, 4.69) is 10.4 Å². The van der Waals surface area contributed by atoms with Crippen molar-refractivity contribution in [3.05, 3.63) is 53.9 Å². The van der Waals surface area contributed by atoms with Crippen LogP contribution in [0.4, 0.5) is 0 Å². The second kappa shape index (κ2) is 7.75. The zero-order valence-corrected chi connectivity index (χ0v) is 16.1. The molecular weight excluding hydrogens is 356 g/mol. The predicted molar refractivity (Wildman–Crippen MR) is 104 cm³/mol. The highest BCUT2D eigenvalue weighted by Gasteiger charge is 2.41. The van der Waals surface area contributed by atoms with Crippen LogP contribution in [0.2, 0.25) is 0 Å². The van der Waals surface area contributed by atoms with Crippen molar-refractivity contribution in [1.82, 2.24) is 20.0 Å². The summed E-state index contributed by atoms with van der Waals surface area (Å²) in [5.41, 5.74) is 1.05. The molecule has 0 saturated carbocycles. The van der Waals surface area contributed by atoms with E-state index in [1.54, 1.807) is 24.1 Å². The van der Waals surface area contributed by atoms with Crippen LogP contribution in [0.3, 0.4) is 0 Å².